The van der Waals surface area contributed by atoms with Crippen molar-refractivity contribution in [3.8, 4) is 0 Å². The maximum atomic E-state index is 12.1. The Balaban J connectivity index is 1.60. The molecule has 1 aliphatic carbocycles. The second-order valence-electron chi connectivity index (χ2n) is 9.03. The molecule has 3 aromatic heterocycles. The van der Waals surface area contributed by atoms with Crippen LogP contribution in [0.2, 0.25) is 0 Å². The van der Waals surface area contributed by atoms with Gasteiger partial charge in [0.25, 0.3) is 0 Å². The van der Waals surface area contributed by atoms with Gasteiger partial charge in [-0.1, -0.05) is 0 Å². The van der Waals surface area contributed by atoms with Crippen molar-refractivity contribution in [2.75, 3.05) is 0 Å². The normalized spacial score (nSPS) is 21.0. The number of aliphatic hydroxyl groups is 1. The van der Waals surface area contributed by atoms with Gasteiger partial charge in [-0.05, 0) is 65.5 Å². The lowest BCUT2D eigenvalue weighted by Gasteiger charge is -2.32. The quantitative estimate of drug-likeness (QED) is 0.674. The number of ether oxygens (including phenoxy) is 1. The SMILES string of the molecule is C[C@@H](O)c1nc2cnc3cccnc3c2n1C1CCC(NC(=O)OC(C)(C)C)CC1. The number of pyridine rings is 2. The second kappa shape index (κ2) is 7.83. The zero-order chi connectivity index (χ0) is 21.5. The number of amides is 1. The van der Waals surface area contributed by atoms with Crippen molar-refractivity contribution >= 4 is 28.2 Å². The summed E-state index contributed by atoms with van der Waals surface area (Å²) in [5.41, 5.74) is 2.75. The van der Waals surface area contributed by atoms with Crippen LogP contribution in [-0.4, -0.2) is 42.4 Å². The molecule has 0 spiro atoms. The number of imidazole rings is 1. The van der Waals surface area contributed by atoms with Crippen molar-refractivity contribution in [2.24, 2.45) is 0 Å². The van der Waals surface area contributed by atoms with Crippen LogP contribution in [0.25, 0.3) is 22.1 Å². The first-order valence-corrected chi connectivity index (χ1v) is 10.5. The van der Waals surface area contributed by atoms with Crippen molar-refractivity contribution in [1.82, 2.24) is 24.8 Å². The molecule has 8 heteroatoms. The van der Waals surface area contributed by atoms with Crippen LogP contribution < -0.4 is 5.32 Å². The van der Waals surface area contributed by atoms with Gasteiger partial charge in [0.2, 0.25) is 0 Å². The fourth-order valence-electron chi connectivity index (χ4n) is 4.22. The van der Waals surface area contributed by atoms with Crippen molar-refractivity contribution in [2.45, 2.75) is 77.2 Å². The number of aliphatic hydroxyl groups excluding tert-OH is 1. The van der Waals surface area contributed by atoms with Crippen molar-refractivity contribution < 1.29 is 14.6 Å². The van der Waals surface area contributed by atoms with Crippen LogP contribution in [-0.2, 0) is 4.74 Å². The zero-order valence-electron chi connectivity index (χ0n) is 17.9. The van der Waals surface area contributed by atoms with E-state index in [-0.39, 0.29) is 18.2 Å². The van der Waals surface area contributed by atoms with Crippen LogP contribution in [0.1, 0.15) is 71.3 Å². The molecule has 1 amide bonds. The highest BCUT2D eigenvalue weighted by atomic mass is 16.6. The molecule has 160 valence electrons. The van der Waals surface area contributed by atoms with Gasteiger partial charge in [-0.15, -0.1) is 0 Å². The summed E-state index contributed by atoms with van der Waals surface area (Å²) in [5, 5.41) is 13.4. The number of fused-ring (bicyclic) bond motifs is 3. The summed E-state index contributed by atoms with van der Waals surface area (Å²) >= 11 is 0. The summed E-state index contributed by atoms with van der Waals surface area (Å²) in [5.74, 6) is 0.633. The number of aromatic nitrogens is 4. The van der Waals surface area contributed by atoms with Crippen molar-refractivity contribution in [3.05, 3.63) is 30.4 Å². The predicted octanol–water partition coefficient (Wildman–Crippen LogP) is 4.04. The monoisotopic (exact) mass is 411 g/mol. The molecule has 8 nitrogen and oxygen atoms in total. The van der Waals surface area contributed by atoms with Gasteiger partial charge in [-0.2, -0.15) is 0 Å². The van der Waals surface area contributed by atoms with Crippen LogP contribution in [0.15, 0.2) is 24.5 Å². The first kappa shape index (κ1) is 20.5. The van der Waals surface area contributed by atoms with Gasteiger partial charge in [0, 0.05) is 18.3 Å². The maximum Gasteiger partial charge on any atom is 0.407 e. The number of carbonyl (C=O) groups is 1. The Labute approximate surface area is 175 Å². The Hall–Kier alpha value is -2.74. The number of nitrogens with zero attached hydrogens (tertiary/aromatic N) is 4. The second-order valence-corrected chi connectivity index (χ2v) is 9.03. The van der Waals surface area contributed by atoms with E-state index in [1.165, 1.54) is 0 Å². The summed E-state index contributed by atoms with van der Waals surface area (Å²) < 4.78 is 7.52. The summed E-state index contributed by atoms with van der Waals surface area (Å²) in [4.78, 5) is 25.8. The van der Waals surface area contributed by atoms with Gasteiger partial charge in [0.15, 0.2) is 0 Å². The molecular formula is C22H29N5O3. The highest BCUT2D eigenvalue weighted by Gasteiger charge is 2.29. The van der Waals surface area contributed by atoms with Crippen molar-refractivity contribution in [1.29, 1.82) is 0 Å². The third-order valence-corrected chi connectivity index (χ3v) is 5.46. The first-order valence-electron chi connectivity index (χ1n) is 10.5. The molecule has 0 unspecified atom stereocenters. The number of rotatable bonds is 3. The van der Waals surface area contributed by atoms with E-state index in [1.54, 1.807) is 19.3 Å². The van der Waals surface area contributed by atoms with E-state index in [0.717, 1.165) is 47.8 Å². The Morgan fingerprint density at radius 2 is 1.97 bits per heavy atom. The molecule has 0 aliphatic heterocycles. The predicted molar refractivity (Wildman–Crippen MR) is 114 cm³/mol. The molecule has 1 atom stereocenters. The Bertz CT molecular complexity index is 1060. The minimum absolute atomic E-state index is 0.0809. The van der Waals surface area contributed by atoms with Crippen LogP contribution in [0, 0.1) is 0 Å². The average Bonchev–Trinajstić information content (AvgIpc) is 3.07. The third-order valence-electron chi connectivity index (χ3n) is 5.46. The summed E-state index contributed by atoms with van der Waals surface area (Å²) in [7, 11) is 0. The average molecular weight is 412 g/mol. The third kappa shape index (κ3) is 4.09. The number of alkyl carbamates (subject to hydrolysis) is 1. The highest BCUT2D eigenvalue weighted by molar-refractivity contribution is 5.99. The molecule has 4 rings (SSSR count). The minimum Gasteiger partial charge on any atom is -0.444 e. The Kier molecular flexibility index (Phi) is 5.36. The number of hydrogen-bond acceptors (Lipinski definition) is 6. The molecule has 1 saturated carbocycles. The molecular weight excluding hydrogens is 382 g/mol. The standard InChI is InChI=1S/C22H29N5O3/c1-13(28)20-26-17-12-24-16-6-5-11-23-18(16)19(17)27(20)15-9-7-14(8-10-15)25-21(29)30-22(2,3)4/h5-6,11-15,28H,7-10H2,1-4H3,(H,25,29)/t13-,14?,15?/m1/s1. The molecule has 3 heterocycles. The van der Waals surface area contributed by atoms with E-state index >= 15 is 0 Å². The van der Waals surface area contributed by atoms with Crippen LogP contribution in [0.5, 0.6) is 0 Å². The molecule has 30 heavy (non-hydrogen) atoms. The lowest BCUT2D eigenvalue weighted by Crippen LogP contribution is -2.41. The fraction of sp³-hybridized carbons (Fsp3) is 0.545. The topological polar surface area (TPSA) is 102 Å². The van der Waals surface area contributed by atoms with E-state index in [1.807, 2.05) is 32.9 Å². The molecule has 0 bridgehead atoms. The summed E-state index contributed by atoms with van der Waals surface area (Å²) in [6.45, 7) is 7.31. The minimum atomic E-state index is -0.700. The van der Waals surface area contributed by atoms with E-state index in [4.69, 9.17) is 4.74 Å². The molecule has 1 aliphatic rings. The molecule has 3 aromatic rings. The molecule has 0 radical (unpaired) electrons. The van der Waals surface area contributed by atoms with E-state index < -0.39 is 11.7 Å². The van der Waals surface area contributed by atoms with E-state index in [0.29, 0.717) is 5.82 Å². The van der Waals surface area contributed by atoms with Gasteiger partial charge in [0.05, 0.1) is 17.2 Å². The van der Waals surface area contributed by atoms with Crippen LogP contribution in [0.3, 0.4) is 0 Å². The van der Waals surface area contributed by atoms with Crippen LogP contribution >= 0.6 is 0 Å². The Morgan fingerprint density at radius 1 is 1.23 bits per heavy atom. The number of hydrogen-bond donors (Lipinski definition) is 2. The fourth-order valence-corrected chi connectivity index (χ4v) is 4.22. The lowest BCUT2D eigenvalue weighted by molar-refractivity contribution is 0.0488. The van der Waals surface area contributed by atoms with Crippen molar-refractivity contribution in [3.63, 3.8) is 0 Å². The largest absolute Gasteiger partial charge is 0.444 e. The molecule has 0 saturated heterocycles. The smallest absolute Gasteiger partial charge is 0.407 e. The number of carbonyl (C=O) groups excluding carboxylic acids is 1. The molecule has 2 N–H and O–H groups in total. The van der Waals surface area contributed by atoms with Gasteiger partial charge in [-0.3, -0.25) is 9.97 Å². The molecule has 0 aromatic carbocycles. The summed E-state index contributed by atoms with van der Waals surface area (Å²) in [6.07, 6.45) is 5.82. The lowest BCUT2D eigenvalue weighted by atomic mass is 9.90. The maximum absolute atomic E-state index is 12.1. The Morgan fingerprint density at radius 3 is 2.63 bits per heavy atom. The summed E-state index contributed by atoms with van der Waals surface area (Å²) in [6, 6.07) is 4.05. The highest BCUT2D eigenvalue weighted by Crippen LogP contribution is 2.36. The van der Waals surface area contributed by atoms with Gasteiger partial charge in [-0.25, -0.2) is 9.78 Å². The van der Waals surface area contributed by atoms with E-state index in [2.05, 4.69) is 24.8 Å². The van der Waals surface area contributed by atoms with E-state index in [9.17, 15) is 9.90 Å². The van der Waals surface area contributed by atoms with Crippen LogP contribution in [0.4, 0.5) is 4.79 Å². The molecule has 1 fully saturated rings. The van der Waals surface area contributed by atoms with Gasteiger partial charge in [0.1, 0.15) is 28.6 Å². The zero-order valence-corrected chi connectivity index (χ0v) is 17.9. The van der Waals surface area contributed by atoms with Gasteiger partial charge < -0.3 is 19.7 Å². The first-order chi connectivity index (χ1) is 14.2. The van der Waals surface area contributed by atoms with Gasteiger partial charge >= 0.3 is 6.09 Å². The number of nitrogens with one attached hydrogen (secondary N) is 1.